The number of nitrogen functional groups attached to an aromatic ring is 1. The molecule has 19 heavy (non-hydrogen) atoms. The molecule has 1 fully saturated rings. The fourth-order valence-electron chi connectivity index (χ4n) is 2.48. The molecule has 3 N–H and O–H groups in total. The minimum absolute atomic E-state index is 0.155. The lowest BCUT2D eigenvalue weighted by atomic mass is 10.0. The molecule has 2 rings (SSSR count). The largest absolute Gasteiger partial charge is 0.470 e. The number of nitrogens with zero attached hydrogens (tertiary/aromatic N) is 1. The number of aromatic nitrogens is 1. The highest BCUT2D eigenvalue weighted by atomic mass is 16.5. The van der Waals surface area contributed by atoms with Crippen molar-refractivity contribution in [1.82, 2.24) is 4.98 Å². The lowest BCUT2D eigenvalue weighted by Gasteiger charge is -2.27. The molecule has 4 heteroatoms. The molecule has 1 aliphatic rings. The lowest BCUT2D eigenvalue weighted by Crippen LogP contribution is -2.31. The molecule has 106 valence electrons. The van der Waals surface area contributed by atoms with Gasteiger partial charge in [0.2, 0.25) is 5.88 Å². The first-order valence-electron chi connectivity index (χ1n) is 7.01. The third-order valence-corrected chi connectivity index (χ3v) is 3.43. The Kier molecular flexibility index (Phi) is 3.61. The highest BCUT2D eigenvalue weighted by Crippen LogP contribution is 2.33. The number of nitrogens with one attached hydrogen (secondary N) is 1. The maximum Gasteiger partial charge on any atom is 0.239 e. The number of nitrogens with two attached hydrogens (primary N) is 1. The van der Waals surface area contributed by atoms with Gasteiger partial charge in [-0.3, -0.25) is 0 Å². The number of hydrogen-bond donors (Lipinski definition) is 2. The van der Waals surface area contributed by atoms with Crippen molar-refractivity contribution in [2.75, 3.05) is 11.1 Å². The first-order chi connectivity index (χ1) is 8.77. The van der Waals surface area contributed by atoms with Crippen LogP contribution in [-0.2, 0) is 0 Å². The minimum atomic E-state index is -0.295. The van der Waals surface area contributed by atoms with Gasteiger partial charge >= 0.3 is 0 Å². The summed E-state index contributed by atoms with van der Waals surface area (Å²) in [6, 6.07) is 3.78. The zero-order valence-corrected chi connectivity index (χ0v) is 12.4. The van der Waals surface area contributed by atoms with Crippen molar-refractivity contribution in [2.45, 2.75) is 64.5 Å². The molecule has 0 radical (unpaired) electrons. The molecule has 4 nitrogen and oxygen atoms in total. The van der Waals surface area contributed by atoms with Gasteiger partial charge < -0.3 is 15.8 Å². The number of anilines is 2. The van der Waals surface area contributed by atoms with Crippen LogP contribution in [0.1, 0.15) is 53.4 Å². The summed E-state index contributed by atoms with van der Waals surface area (Å²) < 4.78 is 5.79. The molecule has 0 unspecified atom stereocenters. The molecule has 1 saturated carbocycles. The molecule has 1 aromatic heterocycles. The van der Waals surface area contributed by atoms with E-state index in [4.69, 9.17) is 10.5 Å². The summed E-state index contributed by atoms with van der Waals surface area (Å²) in [4.78, 5) is 4.51. The van der Waals surface area contributed by atoms with Gasteiger partial charge in [-0.05, 0) is 52.7 Å². The average molecular weight is 263 g/mol. The molecule has 0 spiro atoms. The van der Waals surface area contributed by atoms with E-state index >= 15 is 0 Å². The number of ether oxygens (including phenoxy) is 1. The van der Waals surface area contributed by atoms with E-state index in [2.05, 4.69) is 17.2 Å². The van der Waals surface area contributed by atoms with Crippen LogP contribution in [0.5, 0.6) is 5.88 Å². The second kappa shape index (κ2) is 4.91. The van der Waals surface area contributed by atoms with E-state index in [1.165, 1.54) is 25.7 Å². The van der Waals surface area contributed by atoms with E-state index < -0.39 is 0 Å². The summed E-state index contributed by atoms with van der Waals surface area (Å²) in [6.07, 6.45) is 4.94. The Balaban J connectivity index is 2.16. The predicted octanol–water partition coefficient (Wildman–Crippen LogP) is 3.59. The molecule has 1 heterocycles. The van der Waals surface area contributed by atoms with Gasteiger partial charge in [-0.1, -0.05) is 12.8 Å². The number of hydrogen-bond acceptors (Lipinski definition) is 4. The van der Waals surface area contributed by atoms with Crippen LogP contribution in [0, 0.1) is 0 Å². The van der Waals surface area contributed by atoms with E-state index in [1.807, 2.05) is 32.9 Å². The summed E-state index contributed by atoms with van der Waals surface area (Å²) in [5.74, 6) is 1.36. The zero-order valence-electron chi connectivity index (χ0n) is 12.4. The van der Waals surface area contributed by atoms with Crippen LogP contribution in [0.2, 0.25) is 0 Å². The van der Waals surface area contributed by atoms with E-state index in [9.17, 15) is 0 Å². The molecule has 0 aromatic carbocycles. The van der Waals surface area contributed by atoms with Crippen molar-refractivity contribution >= 4 is 11.5 Å². The van der Waals surface area contributed by atoms with Crippen LogP contribution in [0.3, 0.4) is 0 Å². The van der Waals surface area contributed by atoms with Crippen LogP contribution in [0.4, 0.5) is 11.5 Å². The molecular weight excluding hydrogens is 238 g/mol. The molecule has 1 aliphatic carbocycles. The van der Waals surface area contributed by atoms with Crippen molar-refractivity contribution in [3.8, 4) is 5.88 Å². The maximum atomic E-state index is 5.92. The van der Waals surface area contributed by atoms with Gasteiger partial charge in [-0.25, -0.2) is 0 Å². The average Bonchev–Trinajstić information content (AvgIpc) is 2.68. The summed E-state index contributed by atoms with van der Waals surface area (Å²) in [6.45, 7) is 8.23. The summed E-state index contributed by atoms with van der Waals surface area (Å²) in [5.41, 5.74) is 6.36. The second-order valence-electron chi connectivity index (χ2n) is 6.70. The first kappa shape index (κ1) is 14.0. The van der Waals surface area contributed by atoms with Gasteiger partial charge in [0.1, 0.15) is 11.4 Å². The van der Waals surface area contributed by atoms with E-state index in [0.29, 0.717) is 11.6 Å². The minimum Gasteiger partial charge on any atom is -0.470 e. The predicted molar refractivity (Wildman–Crippen MR) is 79.5 cm³/mol. The number of pyridine rings is 1. The highest BCUT2D eigenvalue weighted by Gasteiger charge is 2.29. The molecular formula is C15H25N3O. The Bertz CT molecular complexity index is 445. The third kappa shape index (κ3) is 3.75. The molecule has 0 bridgehead atoms. The Morgan fingerprint density at radius 3 is 2.47 bits per heavy atom. The summed E-state index contributed by atoms with van der Waals surface area (Å²) in [7, 11) is 0. The van der Waals surface area contributed by atoms with Crippen LogP contribution >= 0.6 is 0 Å². The lowest BCUT2D eigenvalue weighted by molar-refractivity contribution is 0.125. The molecule has 0 aliphatic heterocycles. The maximum absolute atomic E-state index is 5.92. The van der Waals surface area contributed by atoms with Gasteiger partial charge in [0.05, 0.1) is 5.69 Å². The standard InChI is InChI=1S/C15H25N3O/c1-14(2,3)19-13-11(16)7-8-12(17-13)18-15(4)9-5-6-10-15/h7-8H,5-6,9-10,16H2,1-4H3,(H,17,18). The molecule has 0 atom stereocenters. The molecule has 1 aromatic rings. The fourth-order valence-corrected chi connectivity index (χ4v) is 2.48. The van der Waals surface area contributed by atoms with Crippen LogP contribution in [0.25, 0.3) is 0 Å². The summed E-state index contributed by atoms with van der Waals surface area (Å²) in [5, 5.41) is 3.52. The fraction of sp³-hybridized carbons (Fsp3) is 0.667. The van der Waals surface area contributed by atoms with Gasteiger partial charge in [0, 0.05) is 5.54 Å². The topological polar surface area (TPSA) is 60.2 Å². The second-order valence-corrected chi connectivity index (χ2v) is 6.70. The Labute approximate surface area is 115 Å². The van der Waals surface area contributed by atoms with Gasteiger partial charge in [0.25, 0.3) is 0 Å². The highest BCUT2D eigenvalue weighted by molar-refractivity contribution is 5.54. The van der Waals surface area contributed by atoms with Crippen molar-refractivity contribution in [2.24, 2.45) is 0 Å². The Hall–Kier alpha value is -1.45. The smallest absolute Gasteiger partial charge is 0.239 e. The van der Waals surface area contributed by atoms with Crippen molar-refractivity contribution < 1.29 is 4.74 Å². The molecule has 0 amide bonds. The van der Waals surface area contributed by atoms with E-state index in [1.54, 1.807) is 0 Å². The monoisotopic (exact) mass is 263 g/mol. The van der Waals surface area contributed by atoms with Crippen molar-refractivity contribution in [3.63, 3.8) is 0 Å². The van der Waals surface area contributed by atoms with Crippen molar-refractivity contribution in [3.05, 3.63) is 12.1 Å². The van der Waals surface area contributed by atoms with Gasteiger partial charge in [-0.2, -0.15) is 4.98 Å². The zero-order chi connectivity index (χ0) is 14.1. The van der Waals surface area contributed by atoms with E-state index in [0.717, 1.165) is 5.82 Å². The molecule has 0 saturated heterocycles. The normalized spacial score (nSPS) is 18.3. The SMILES string of the molecule is CC1(Nc2ccc(N)c(OC(C)(C)C)n2)CCCC1. The third-order valence-electron chi connectivity index (χ3n) is 3.43. The van der Waals surface area contributed by atoms with Crippen LogP contribution in [0.15, 0.2) is 12.1 Å². The van der Waals surface area contributed by atoms with Crippen molar-refractivity contribution in [1.29, 1.82) is 0 Å². The van der Waals surface area contributed by atoms with Crippen LogP contribution < -0.4 is 15.8 Å². The van der Waals surface area contributed by atoms with Gasteiger partial charge in [-0.15, -0.1) is 0 Å². The van der Waals surface area contributed by atoms with Crippen LogP contribution in [-0.4, -0.2) is 16.1 Å². The first-order valence-corrected chi connectivity index (χ1v) is 7.01. The Morgan fingerprint density at radius 2 is 1.89 bits per heavy atom. The Morgan fingerprint density at radius 1 is 1.26 bits per heavy atom. The van der Waals surface area contributed by atoms with Gasteiger partial charge in [0.15, 0.2) is 0 Å². The number of rotatable bonds is 3. The van der Waals surface area contributed by atoms with E-state index in [-0.39, 0.29) is 11.1 Å². The quantitative estimate of drug-likeness (QED) is 0.875. The summed E-state index contributed by atoms with van der Waals surface area (Å²) >= 11 is 0.